The lowest BCUT2D eigenvalue weighted by molar-refractivity contribution is -0.121. The average Bonchev–Trinajstić information content (AvgIpc) is 3.12. The standard InChI is InChI=1S/C14H22N4O3S2.HI/c1-15-14(17-9-12-3-2-7-22-12)16-6-4-13(19)18-11-5-8-23(20,21)10-11;/h2-3,7,11H,4-6,8-10H2,1H3,(H,18,19)(H2,15,16,17);1H. The van der Waals surface area contributed by atoms with E-state index < -0.39 is 9.84 Å². The molecule has 0 spiro atoms. The lowest BCUT2D eigenvalue weighted by Gasteiger charge is -2.13. The molecule has 2 heterocycles. The van der Waals surface area contributed by atoms with Crippen molar-refractivity contribution in [3.05, 3.63) is 22.4 Å². The summed E-state index contributed by atoms with van der Waals surface area (Å²) in [6.07, 6.45) is 0.780. The normalized spacial score (nSPS) is 19.4. The van der Waals surface area contributed by atoms with Crippen molar-refractivity contribution in [2.75, 3.05) is 25.1 Å². The van der Waals surface area contributed by atoms with Crippen molar-refractivity contribution < 1.29 is 13.2 Å². The second kappa shape index (κ2) is 10.2. The van der Waals surface area contributed by atoms with Crippen molar-refractivity contribution in [2.45, 2.75) is 25.4 Å². The summed E-state index contributed by atoms with van der Waals surface area (Å²) in [7, 11) is -1.29. The smallest absolute Gasteiger partial charge is 0.222 e. The molecule has 1 aliphatic rings. The second-order valence-electron chi connectivity index (χ2n) is 5.35. The van der Waals surface area contributed by atoms with Crippen molar-refractivity contribution in [3.63, 3.8) is 0 Å². The fourth-order valence-corrected chi connectivity index (χ4v) is 4.63. The molecule has 2 rings (SSSR count). The maximum Gasteiger partial charge on any atom is 0.222 e. The average molecular weight is 486 g/mol. The van der Waals surface area contributed by atoms with Crippen LogP contribution in [0.15, 0.2) is 22.5 Å². The highest BCUT2D eigenvalue weighted by Gasteiger charge is 2.28. The van der Waals surface area contributed by atoms with Crippen LogP contribution in [0.1, 0.15) is 17.7 Å². The topological polar surface area (TPSA) is 99.7 Å². The molecule has 0 bridgehead atoms. The molecule has 1 fully saturated rings. The quantitative estimate of drug-likeness (QED) is 0.313. The molecule has 0 aliphatic carbocycles. The number of carbonyl (C=O) groups excluding carboxylic acids is 1. The zero-order valence-electron chi connectivity index (χ0n) is 13.4. The summed E-state index contributed by atoms with van der Waals surface area (Å²) in [4.78, 5) is 17.1. The highest BCUT2D eigenvalue weighted by molar-refractivity contribution is 14.0. The van der Waals surface area contributed by atoms with Crippen LogP contribution in [-0.2, 0) is 21.2 Å². The molecule has 1 atom stereocenters. The molecule has 1 aliphatic heterocycles. The van der Waals surface area contributed by atoms with Gasteiger partial charge in [0.05, 0.1) is 18.1 Å². The highest BCUT2D eigenvalue weighted by atomic mass is 127. The summed E-state index contributed by atoms with van der Waals surface area (Å²) in [5.74, 6) is 0.703. The Balaban J connectivity index is 0.00000288. The minimum atomic E-state index is -2.97. The SMILES string of the molecule is CN=C(NCCC(=O)NC1CCS(=O)(=O)C1)NCc1cccs1.I. The van der Waals surface area contributed by atoms with Crippen LogP contribution < -0.4 is 16.0 Å². The van der Waals surface area contributed by atoms with E-state index in [1.807, 2.05) is 17.5 Å². The number of nitrogens with one attached hydrogen (secondary N) is 3. The largest absolute Gasteiger partial charge is 0.356 e. The molecule has 0 radical (unpaired) electrons. The van der Waals surface area contributed by atoms with Crippen molar-refractivity contribution in [1.29, 1.82) is 0 Å². The van der Waals surface area contributed by atoms with Crippen LogP contribution in [0.25, 0.3) is 0 Å². The molecule has 24 heavy (non-hydrogen) atoms. The molecule has 7 nitrogen and oxygen atoms in total. The Labute approximate surface area is 163 Å². The van der Waals surface area contributed by atoms with Gasteiger partial charge >= 0.3 is 0 Å². The third-order valence-electron chi connectivity index (χ3n) is 3.48. The third-order valence-corrected chi connectivity index (χ3v) is 6.12. The molecule has 0 saturated carbocycles. The fourth-order valence-electron chi connectivity index (χ4n) is 2.31. The molecule has 136 valence electrons. The van der Waals surface area contributed by atoms with E-state index in [1.54, 1.807) is 18.4 Å². The molecule has 0 aromatic carbocycles. The fraction of sp³-hybridized carbons (Fsp3) is 0.571. The number of amides is 1. The van der Waals surface area contributed by atoms with Gasteiger partial charge in [-0.1, -0.05) is 6.07 Å². The van der Waals surface area contributed by atoms with Gasteiger partial charge in [0, 0.05) is 30.9 Å². The number of rotatable bonds is 6. The number of aliphatic imine (C=N–C) groups is 1. The van der Waals surface area contributed by atoms with Crippen LogP contribution in [0.4, 0.5) is 0 Å². The molecule has 3 N–H and O–H groups in total. The third kappa shape index (κ3) is 7.34. The first-order chi connectivity index (χ1) is 11.0. The first-order valence-corrected chi connectivity index (χ1v) is 10.2. The minimum absolute atomic E-state index is 0. The van der Waals surface area contributed by atoms with Gasteiger partial charge in [-0.3, -0.25) is 9.79 Å². The van der Waals surface area contributed by atoms with Gasteiger partial charge in [0.15, 0.2) is 15.8 Å². The first-order valence-electron chi connectivity index (χ1n) is 7.45. The Hall–Kier alpha value is -0.880. The van der Waals surface area contributed by atoms with E-state index in [2.05, 4.69) is 20.9 Å². The summed E-state index contributed by atoms with van der Waals surface area (Å²) in [6, 6.07) is 3.78. The lowest BCUT2D eigenvalue weighted by atomic mass is 10.2. The zero-order chi connectivity index (χ0) is 16.7. The Morgan fingerprint density at radius 2 is 2.21 bits per heavy atom. The van der Waals surface area contributed by atoms with Crippen LogP contribution in [0.2, 0.25) is 0 Å². The Morgan fingerprint density at radius 1 is 1.42 bits per heavy atom. The number of nitrogens with zero attached hydrogens (tertiary/aromatic N) is 1. The zero-order valence-corrected chi connectivity index (χ0v) is 17.4. The lowest BCUT2D eigenvalue weighted by Crippen LogP contribution is -2.40. The van der Waals surface area contributed by atoms with E-state index in [0.29, 0.717) is 25.5 Å². The van der Waals surface area contributed by atoms with Crippen LogP contribution in [-0.4, -0.2) is 51.4 Å². The molecule has 1 aromatic heterocycles. The molecule has 1 saturated heterocycles. The number of halogens is 1. The van der Waals surface area contributed by atoms with Gasteiger partial charge in [-0.15, -0.1) is 35.3 Å². The Morgan fingerprint density at radius 3 is 2.79 bits per heavy atom. The summed E-state index contributed by atoms with van der Waals surface area (Å²) >= 11 is 1.66. The van der Waals surface area contributed by atoms with Crippen LogP contribution in [0.5, 0.6) is 0 Å². The predicted molar refractivity (Wildman–Crippen MR) is 108 cm³/mol. The van der Waals surface area contributed by atoms with Crippen LogP contribution >= 0.6 is 35.3 Å². The minimum Gasteiger partial charge on any atom is -0.356 e. The molecule has 10 heteroatoms. The van der Waals surface area contributed by atoms with Gasteiger partial charge in [-0.2, -0.15) is 0 Å². The summed E-state index contributed by atoms with van der Waals surface area (Å²) < 4.78 is 22.7. The summed E-state index contributed by atoms with van der Waals surface area (Å²) in [5.41, 5.74) is 0. The van der Waals surface area contributed by atoms with Crippen LogP contribution in [0.3, 0.4) is 0 Å². The second-order valence-corrected chi connectivity index (χ2v) is 8.61. The highest BCUT2D eigenvalue weighted by Crippen LogP contribution is 2.11. The van der Waals surface area contributed by atoms with Gasteiger partial charge in [-0.05, 0) is 17.9 Å². The monoisotopic (exact) mass is 486 g/mol. The number of hydrogen-bond acceptors (Lipinski definition) is 5. The summed E-state index contributed by atoms with van der Waals surface area (Å²) in [6.45, 7) is 1.12. The molecular formula is C14H23IN4O3S2. The van der Waals surface area contributed by atoms with Crippen molar-refractivity contribution in [3.8, 4) is 0 Å². The van der Waals surface area contributed by atoms with Gasteiger partial charge in [-0.25, -0.2) is 8.42 Å². The number of guanidine groups is 1. The Kier molecular flexibility index (Phi) is 8.98. The van der Waals surface area contributed by atoms with Crippen LogP contribution in [0, 0.1) is 0 Å². The van der Waals surface area contributed by atoms with E-state index in [-0.39, 0.29) is 53.9 Å². The molecular weight excluding hydrogens is 463 g/mol. The number of carbonyl (C=O) groups is 1. The summed E-state index contributed by atoms with van der Waals surface area (Å²) in [5, 5.41) is 11.0. The number of hydrogen-bond donors (Lipinski definition) is 3. The first kappa shape index (κ1) is 21.2. The van der Waals surface area contributed by atoms with Gasteiger partial charge in [0.1, 0.15) is 0 Å². The van der Waals surface area contributed by atoms with Crippen molar-refractivity contribution in [1.82, 2.24) is 16.0 Å². The number of sulfone groups is 1. The predicted octanol–water partition coefficient (Wildman–Crippen LogP) is 0.725. The molecule has 1 unspecified atom stereocenters. The van der Waals surface area contributed by atoms with E-state index in [0.717, 1.165) is 0 Å². The van der Waals surface area contributed by atoms with E-state index in [4.69, 9.17) is 0 Å². The van der Waals surface area contributed by atoms with Gasteiger partial charge < -0.3 is 16.0 Å². The van der Waals surface area contributed by atoms with E-state index in [1.165, 1.54) is 4.88 Å². The van der Waals surface area contributed by atoms with Crippen molar-refractivity contribution in [2.24, 2.45) is 4.99 Å². The van der Waals surface area contributed by atoms with E-state index >= 15 is 0 Å². The number of thiophene rings is 1. The Bertz CT molecular complexity index is 647. The molecule has 1 aromatic rings. The van der Waals surface area contributed by atoms with E-state index in [9.17, 15) is 13.2 Å². The van der Waals surface area contributed by atoms with Gasteiger partial charge in [0.25, 0.3) is 0 Å². The van der Waals surface area contributed by atoms with Gasteiger partial charge in [0.2, 0.25) is 5.91 Å². The maximum atomic E-state index is 11.8. The maximum absolute atomic E-state index is 11.8. The molecule has 1 amide bonds. The van der Waals surface area contributed by atoms with Crippen molar-refractivity contribution >= 4 is 57.0 Å².